The van der Waals surface area contributed by atoms with Crippen molar-refractivity contribution in [2.75, 3.05) is 37.7 Å². The van der Waals surface area contributed by atoms with Crippen LogP contribution in [0.2, 0.25) is 0 Å². The van der Waals surface area contributed by atoms with E-state index in [0.717, 1.165) is 24.5 Å². The van der Waals surface area contributed by atoms with Crippen LogP contribution in [-0.2, 0) is 4.79 Å². The van der Waals surface area contributed by atoms with Crippen molar-refractivity contribution in [3.8, 4) is 5.75 Å². The van der Waals surface area contributed by atoms with Crippen molar-refractivity contribution in [1.82, 2.24) is 10.2 Å². The maximum atomic E-state index is 13.1. The monoisotopic (exact) mass is 415 g/mol. The molecule has 1 aliphatic rings. The molecule has 2 aromatic rings. The van der Waals surface area contributed by atoms with E-state index in [4.69, 9.17) is 4.74 Å². The van der Waals surface area contributed by atoms with Crippen molar-refractivity contribution >= 4 is 28.8 Å². The number of rotatable bonds is 7. The third kappa shape index (κ3) is 5.09. The van der Waals surface area contributed by atoms with Crippen molar-refractivity contribution in [3.05, 3.63) is 46.7 Å². The van der Waals surface area contributed by atoms with E-state index in [1.165, 1.54) is 11.3 Å². The lowest BCUT2D eigenvalue weighted by Gasteiger charge is -2.38. The van der Waals surface area contributed by atoms with Gasteiger partial charge < -0.3 is 19.9 Å². The first-order valence-electron chi connectivity index (χ1n) is 10.1. The molecule has 7 heteroatoms. The lowest BCUT2D eigenvalue weighted by molar-refractivity contribution is -0.134. The number of hydrogen-bond donors (Lipinski definition) is 1. The van der Waals surface area contributed by atoms with E-state index in [9.17, 15) is 9.59 Å². The van der Waals surface area contributed by atoms with Crippen molar-refractivity contribution in [2.45, 2.75) is 26.8 Å². The molecule has 0 aliphatic carbocycles. The maximum absolute atomic E-state index is 13.1. The van der Waals surface area contributed by atoms with Crippen LogP contribution in [0, 0.1) is 5.92 Å². The Morgan fingerprint density at radius 2 is 1.83 bits per heavy atom. The molecule has 6 nitrogen and oxygen atoms in total. The van der Waals surface area contributed by atoms with Gasteiger partial charge in [0.15, 0.2) is 0 Å². The molecule has 0 saturated carbocycles. The van der Waals surface area contributed by atoms with Crippen molar-refractivity contribution in [1.29, 1.82) is 0 Å². The Labute approximate surface area is 176 Å². The lowest BCUT2D eigenvalue weighted by atomic mass is 10.0. The zero-order chi connectivity index (χ0) is 20.8. The first-order chi connectivity index (χ1) is 14.0. The molecule has 0 radical (unpaired) electrons. The first-order valence-corrected chi connectivity index (χ1v) is 11.0. The molecule has 1 N–H and O–H groups in total. The average molecular weight is 416 g/mol. The Hall–Kier alpha value is -2.54. The summed E-state index contributed by atoms with van der Waals surface area (Å²) in [7, 11) is 0. The highest BCUT2D eigenvalue weighted by atomic mass is 32.1. The van der Waals surface area contributed by atoms with Gasteiger partial charge in [-0.1, -0.05) is 32.0 Å². The number of ether oxygens (including phenoxy) is 1. The third-order valence-electron chi connectivity index (χ3n) is 5.06. The van der Waals surface area contributed by atoms with Crippen LogP contribution in [0.15, 0.2) is 41.8 Å². The Kier molecular flexibility index (Phi) is 7.14. The molecule has 29 heavy (non-hydrogen) atoms. The van der Waals surface area contributed by atoms with Crippen LogP contribution in [0.4, 0.5) is 5.69 Å². The van der Waals surface area contributed by atoms with Crippen LogP contribution < -0.4 is 15.0 Å². The number of hydrogen-bond acceptors (Lipinski definition) is 5. The summed E-state index contributed by atoms with van der Waals surface area (Å²) in [5.41, 5.74) is 1.06. The summed E-state index contributed by atoms with van der Waals surface area (Å²) < 4.78 is 5.74. The molecule has 1 aromatic carbocycles. The predicted octanol–water partition coefficient (Wildman–Crippen LogP) is 3.25. The molecule has 1 aliphatic heterocycles. The minimum absolute atomic E-state index is 0.0114. The maximum Gasteiger partial charge on any atom is 0.262 e. The minimum Gasteiger partial charge on any atom is -0.492 e. The van der Waals surface area contributed by atoms with Gasteiger partial charge >= 0.3 is 0 Å². The van der Waals surface area contributed by atoms with Crippen molar-refractivity contribution in [3.63, 3.8) is 0 Å². The molecule has 0 bridgehead atoms. The highest BCUT2D eigenvalue weighted by molar-refractivity contribution is 7.12. The van der Waals surface area contributed by atoms with Gasteiger partial charge in [-0.25, -0.2) is 0 Å². The Balaban J connectivity index is 1.63. The lowest BCUT2D eigenvalue weighted by Crippen LogP contribution is -2.56. The van der Waals surface area contributed by atoms with E-state index < -0.39 is 6.04 Å². The fraction of sp³-hybridized carbons (Fsp3) is 0.455. The van der Waals surface area contributed by atoms with Gasteiger partial charge in [-0.15, -0.1) is 11.3 Å². The molecule has 3 rings (SSSR count). The van der Waals surface area contributed by atoms with Gasteiger partial charge in [0.25, 0.3) is 5.91 Å². The van der Waals surface area contributed by atoms with Gasteiger partial charge in [-0.05, 0) is 36.4 Å². The Morgan fingerprint density at radius 3 is 2.45 bits per heavy atom. The number of nitrogens with one attached hydrogen (secondary N) is 1. The second-order valence-corrected chi connectivity index (χ2v) is 8.33. The van der Waals surface area contributed by atoms with E-state index in [2.05, 4.69) is 16.3 Å². The normalized spacial score (nSPS) is 15.3. The van der Waals surface area contributed by atoms with Crippen LogP contribution in [0.5, 0.6) is 5.75 Å². The second-order valence-electron chi connectivity index (χ2n) is 7.39. The van der Waals surface area contributed by atoms with E-state index in [1.54, 1.807) is 6.07 Å². The molecular formula is C22H29N3O3S. The fourth-order valence-corrected chi connectivity index (χ4v) is 4.12. The fourth-order valence-electron chi connectivity index (χ4n) is 3.49. The number of carbonyl (C=O) groups excluding carboxylic acids is 2. The van der Waals surface area contributed by atoms with Crippen molar-refractivity contribution in [2.24, 2.45) is 5.92 Å². The zero-order valence-corrected chi connectivity index (χ0v) is 18.1. The van der Waals surface area contributed by atoms with Gasteiger partial charge in [0.1, 0.15) is 11.8 Å². The minimum atomic E-state index is -0.521. The summed E-state index contributed by atoms with van der Waals surface area (Å²) >= 11 is 1.38. The smallest absolute Gasteiger partial charge is 0.262 e. The van der Waals surface area contributed by atoms with Gasteiger partial charge in [0.2, 0.25) is 5.91 Å². The number of para-hydroxylation sites is 2. The molecule has 1 atom stereocenters. The summed E-state index contributed by atoms with van der Waals surface area (Å²) in [5.74, 6) is 0.695. The van der Waals surface area contributed by atoms with Crippen LogP contribution in [-0.4, -0.2) is 55.5 Å². The van der Waals surface area contributed by atoms with Crippen LogP contribution >= 0.6 is 11.3 Å². The van der Waals surface area contributed by atoms with E-state index in [0.29, 0.717) is 24.6 Å². The summed E-state index contributed by atoms with van der Waals surface area (Å²) in [5, 5.41) is 4.79. The Bertz CT molecular complexity index is 814. The van der Waals surface area contributed by atoms with Gasteiger partial charge in [-0.3, -0.25) is 9.59 Å². The van der Waals surface area contributed by atoms with E-state index >= 15 is 0 Å². The highest BCUT2D eigenvalue weighted by Gasteiger charge is 2.31. The molecule has 0 spiro atoms. The van der Waals surface area contributed by atoms with Gasteiger partial charge in [-0.2, -0.15) is 0 Å². The number of benzene rings is 1. The number of carbonyl (C=O) groups is 2. The van der Waals surface area contributed by atoms with Crippen LogP contribution in [0.3, 0.4) is 0 Å². The Morgan fingerprint density at radius 1 is 1.10 bits per heavy atom. The third-order valence-corrected chi connectivity index (χ3v) is 5.93. The highest BCUT2D eigenvalue weighted by Crippen LogP contribution is 2.29. The molecule has 0 unspecified atom stereocenters. The molecule has 1 saturated heterocycles. The summed E-state index contributed by atoms with van der Waals surface area (Å²) in [6.07, 6.45) is 0. The largest absolute Gasteiger partial charge is 0.492 e. The standard InChI is InChI=1S/C22H29N3O3S/c1-4-28-18-9-6-5-8-17(18)24-11-13-25(14-12-24)22(27)20(16(2)3)23-21(26)19-10-7-15-29-19/h5-10,15-16,20H,4,11-14H2,1-3H3,(H,23,26)/t20-/m0/s1. The number of thiophene rings is 1. The zero-order valence-electron chi connectivity index (χ0n) is 17.3. The van der Waals surface area contributed by atoms with E-state index in [-0.39, 0.29) is 17.7 Å². The van der Waals surface area contributed by atoms with Crippen LogP contribution in [0.25, 0.3) is 0 Å². The molecule has 1 aromatic heterocycles. The van der Waals surface area contributed by atoms with Gasteiger partial charge in [0.05, 0.1) is 17.2 Å². The molecule has 156 valence electrons. The first kappa shape index (κ1) is 21.2. The number of piperazine rings is 1. The molecule has 2 heterocycles. The number of amides is 2. The number of anilines is 1. The summed E-state index contributed by atoms with van der Waals surface area (Å²) in [4.78, 5) is 30.3. The quantitative estimate of drug-likeness (QED) is 0.754. The average Bonchev–Trinajstić information content (AvgIpc) is 3.27. The summed E-state index contributed by atoms with van der Waals surface area (Å²) in [6.45, 7) is 9.24. The van der Waals surface area contributed by atoms with Gasteiger partial charge in [0, 0.05) is 26.2 Å². The molecular weight excluding hydrogens is 386 g/mol. The van der Waals surface area contributed by atoms with E-state index in [1.807, 2.05) is 55.3 Å². The SMILES string of the molecule is CCOc1ccccc1N1CCN(C(=O)[C@@H](NC(=O)c2cccs2)C(C)C)CC1. The molecule has 2 amide bonds. The molecule has 1 fully saturated rings. The van der Waals surface area contributed by atoms with Crippen molar-refractivity contribution < 1.29 is 14.3 Å². The second kappa shape index (κ2) is 9.78. The van der Waals surface area contributed by atoms with Crippen LogP contribution in [0.1, 0.15) is 30.4 Å². The summed E-state index contributed by atoms with van der Waals surface area (Å²) in [6, 6.07) is 11.1. The topological polar surface area (TPSA) is 61.9 Å². The predicted molar refractivity (Wildman–Crippen MR) is 117 cm³/mol. The number of nitrogens with zero attached hydrogens (tertiary/aromatic N) is 2.